The molecule has 0 spiro atoms. The summed E-state index contributed by atoms with van der Waals surface area (Å²) < 4.78 is 2.00. The van der Waals surface area contributed by atoms with E-state index in [0.29, 0.717) is 5.92 Å². The molecule has 0 saturated carbocycles. The van der Waals surface area contributed by atoms with Crippen molar-refractivity contribution in [1.29, 1.82) is 0 Å². The number of aromatic nitrogens is 2. The maximum Gasteiger partial charge on any atom is 0.239 e. The molecule has 2 N–H and O–H groups in total. The quantitative estimate of drug-likeness (QED) is 0.919. The zero-order chi connectivity index (χ0) is 13.1. The minimum absolute atomic E-state index is 0. The van der Waals surface area contributed by atoms with Gasteiger partial charge >= 0.3 is 0 Å². The molecular weight excluding hydrogens is 299 g/mol. The molecule has 1 saturated heterocycles. The summed E-state index contributed by atoms with van der Waals surface area (Å²) in [5.74, 6) is 0.685. The fraction of sp³-hybridized carbons (Fsp3) is 0.692. The van der Waals surface area contributed by atoms with E-state index in [1.54, 1.807) is 6.92 Å². The summed E-state index contributed by atoms with van der Waals surface area (Å²) in [5, 5.41) is 4.31. The van der Waals surface area contributed by atoms with Crippen LogP contribution in [0.15, 0.2) is 12.4 Å². The largest absolute Gasteiger partial charge is 0.341 e. The SMILES string of the molecule is Cc1cnn(CC2CCN(C(=O)[C@@H](C)N)CC2)c1.Cl.Cl. The monoisotopic (exact) mass is 322 g/mol. The number of piperidine rings is 1. The van der Waals surface area contributed by atoms with Crippen molar-refractivity contribution in [2.45, 2.75) is 39.3 Å². The lowest BCUT2D eigenvalue weighted by molar-refractivity contribution is -0.133. The highest BCUT2D eigenvalue weighted by atomic mass is 35.5. The van der Waals surface area contributed by atoms with Gasteiger partial charge in [0, 0.05) is 25.8 Å². The van der Waals surface area contributed by atoms with Crippen LogP contribution in [0.25, 0.3) is 0 Å². The fourth-order valence-corrected chi connectivity index (χ4v) is 2.46. The summed E-state index contributed by atoms with van der Waals surface area (Å²) in [6, 6.07) is -0.379. The fourth-order valence-electron chi connectivity index (χ4n) is 2.46. The van der Waals surface area contributed by atoms with Gasteiger partial charge in [-0.15, -0.1) is 24.8 Å². The van der Waals surface area contributed by atoms with Gasteiger partial charge in [0.2, 0.25) is 5.91 Å². The van der Waals surface area contributed by atoms with Gasteiger partial charge in [0.25, 0.3) is 0 Å². The summed E-state index contributed by atoms with van der Waals surface area (Å²) in [6.07, 6.45) is 6.03. The van der Waals surface area contributed by atoms with E-state index in [2.05, 4.69) is 11.3 Å². The van der Waals surface area contributed by atoms with E-state index >= 15 is 0 Å². The first-order valence-electron chi connectivity index (χ1n) is 6.59. The third kappa shape index (κ3) is 4.96. The standard InChI is InChI=1S/C13H22N4O.2ClH/c1-10-7-15-17(8-10)9-12-3-5-16(6-4-12)13(18)11(2)14;;/h7-8,11-12H,3-6,9,14H2,1-2H3;2*1H/t11-;;/m1../s1. The smallest absolute Gasteiger partial charge is 0.239 e. The number of nitrogens with zero attached hydrogens (tertiary/aromatic N) is 3. The molecule has 2 heterocycles. The summed E-state index contributed by atoms with van der Waals surface area (Å²) >= 11 is 0. The van der Waals surface area contributed by atoms with Crippen molar-refractivity contribution in [3.63, 3.8) is 0 Å². The summed E-state index contributed by atoms with van der Waals surface area (Å²) in [7, 11) is 0. The number of hydrogen-bond acceptors (Lipinski definition) is 3. The minimum Gasteiger partial charge on any atom is -0.341 e. The predicted octanol–water partition coefficient (Wildman–Crippen LogP) is 1.62. The Kier molecular flexibility index (Phi) is 8.16. The van der Waals surface area contributed by atoms with E-state index in [-0.39, 0.29) is 36.8 Å². The van der Waals surface area contributed by atoms with Crippen LogP contribution in [0.2, 0.25) is 0 Å². The lowest BCUT2D eigenvalue weighted by Crippen LogP contribution is -2.46. The van der Waals surface area contributed by atoms with Crippen molar-refractivity contribution in [2.24, 2.45) is 11.7 Å². The number of hydrogen-bond donors (Lipinski definition) is 1. The molecule has 7 heteroatoms. The van der Waals surface area contributed by atoms with Gasteiger partial charge < -0.3 is 10.6 Å². The Labute approximate surface area is 132 Å². The van der Waals surface area contributed by atoms with Crippen molar-refractivity contribution in [3.05, 3.63) is 18.0 Å². The first-order valence-corrected chi connectivity index (χ1v) is 6.59. The number of nitrogens with two attached hydrogens (primary N) is 1. The Morgan fingerprint density at radius 2 is 2.05 bits per heavy atom. The average Bonchev–Trinajstić information content (AvgIpc) is 2.75. The van der Waals surface area contributed by atoms with Gasteiger partial charge in [-0.2, -0.15) is 5.10 Å². The van der Waals surface area contributed by atoms with Crippen LogP contribution < -0.4 is 5.73 Å². The first kappa shape index (κ1) is 19.2. The maximum atomic E-state index is 11.7. The number of rotatable bonds is 3. The van der Waals surface area contributed by atoms with Crippen molar-refractivity contribution in [1.82, 2.24) is 14.7 Å². The van der Waals surface area contributed by atoms with Crippen molar-refractivity contribution >= 4 is 30.7 Å². The number of halogens is 2. The molecule has 5 nitrogen and oxygen atoms in total. The Bertz CT molecular complexity index is 414. The minimum atomic E-state index is -0.379. The number of carbonyl (C=O) groups excluding carboxylic acids is 1. The van der Waals surface area contributed by atoms with E-state index in [0.717, 1.165) is 32.5 Å². The maximum absolute atomic E-state index is 11.7. The van der Waals surface area contributed by atoms with E-state index in [4.69, 9.17) is 5.73 Å². The second-order valence-electron chi connectivity index (χ2n) is 5.30. The number of amides is 1. The Hall–Kier alpha value is -0.780. The van der Waals surface area contributed by atoms with Gasteiger partial charge in [-0.25, -0.2) is 0 Å². The highest BCUT2D eigenvalue weighted by molar-refractivity contribution is 5.85. The van der Waals surface area contributed by atoms with Crippen LogP contribution in [0.3, 0.4) is 0 Å². The molecular formula is C13H24Cl2N4O. The highest BCUT2D eigenvalue weighted by Crippen LogP contribution is 2.19. The predicted molar refractivity (Wildman–Crippen MR) is 84.4 cm³/mol. The Morgan fingerprint density at radius 3 is 2.50 bits per heavy atom. The van der Waals surface area contributed by atoms with Crippen LogP contribution >= 0.6 is 24.8 Å². The second-order valence-corrected chi connectivity index (χ2v) is 5.30. The number of carbonyl (C=O) groups is 1. The third-order valence-electron chi connectivity index (χ3n) is 3.52. The van der Waals surface area contributed by atoms with E-state index in [1.165, 1.54) is 5.56 Å². The first-order chi connectivity index (χ1) is 8.56. The zero-order valence-electron chi connectivity index (χ0n) is 12.0. The number of likely N-dealkylation sites (tertiary alicyclic amines) is 1. The molecule has 2 rings (SSSR count). The Balaban J connectivity index is 0.00000180. The van der Waals surface area contributed by atoms with E-state index in [9.17, 15) is 4.79 Å². The van der Waals surface area contributed by atoms with E-state index < -0.39 is 0 Å². The second kappa shape index (κ2) is 8.49. The number of aryl methyl sites for hydroxylation is 1. The molecule has 0 aromatic carbocycles. The molecule has 1 amide bonds. The normalized spacial score (nSPS) is 17.1. The van der Waals surface area contributed by atoms with Crippen molar-refractivity contribution < 1.29 is 4.79 Å². The van der Waals surface area contributed by atoms with Crippen LogP contribution in [0, 0.1) is 12.8 Å². The Morgan fingerprint density at radius 1 is 1.45 bits per heavy atom. The molecule has 1 aromatic rings. The van der Waals surface area contributed by atoms with Crippen LogP contribution in [0.5, 0.6) is 0 Å². The zero-order valence-corrected chi connectivity index (χ0v) is 13.6. The molecule has 1 aliphatic rings. The van der Waals surface area contributed by atoms with Gasteiger partial charge in [0.1, 0.15) is 0 Å². The molecule has 0 unspecified atom stereocenters. The molecule has 0 radical (unpaired) electrons. The molecule has 1 fully saturated rings. The van der Waals surface area contributed by atoms with Gasteiger partial charge in [-0.05, 0) is 38.2 Å². The molecule has 1 atom stereocenters. The molecule has 1 aromatic heterocycles. The molecule has 20 heavy (non-hydrogen) atoms. The average molecular weight is 323 g/mol. The molecule has 116 valence electrons. The lowest BCUT2D eigenvalue weighted by Gasteiger charge is -2.32. The van der Waals surface area contributed by atoms with Gasteiger partial charge in [0.05, 0.1) is 12.2 Å². The van der Waals surface area contributed by atoms with Crippen molar-refractivity contribution in [2.75, 3.05) is 13.1 Å². The van der Waals surface area contributed by atoms with Crippen LogP contribution in [0.1, 0.15) is 25.3 Å². The van der Waals surface area contributed by atoms with Crippen LogP contribution in [0.4, 0.5) is 0 Å². The lowest BCUT2D eigenvalue weighted by atomic mass is 9.96. The summed E-state index contributed by atoms with van der Waals surface area (Å²) in [6.45, 7) is 6.40. The van der Waals surface area contributed by atoms with Crippen LogP contribution in [-0.4, -0.2) is 39.7 Å². The van der Waals surface area contributed by atoms with Gasteiger partial charge in [0.15, 0.2) is 0 Å². The third-order valence-corrected chi connectivity index (χ3v) is 3.52. The van der Waals surface area contributed by atoms with Crippen LogP contribution in [-0.2, 0) is 11.3 Å². The summed E-state index contributed by atoms with van der Waals surface area (Å²) in [5.41, 5.74) is 6.82. The van der Waals surface area contributed by atoms with E-state index in [1.807, 2.05) is 22.7 Å². The molecule has 1 aliphatic heterocycles. The summed E-state index contributed by atoms with van der Waals surface area (Å²) in [4.78, 5) is 13.6. The molecule has 0 bridgehead atoms. The highest BCUT2D eigenvalue weighted by Gasteiger charge is 2.24. The molecule has 0 aliphatic carbocycles. The van der Waals surface area contributed by atoms with Crippen molar-refractivity contribution in [3.8, 4) is 0 Å². The topological polar surface area (TPSA) is 64.2 Å². The van der Waals surface area contributed by atoms with Gasteiger partial charge in [-0.1, -0.05) is 0 Å². The van der Waals surface area contributed by atoms with Gasteiger partial charge in [-0.3, -0.25) is 9.48 Å².